The lowest BCUT2D eigenvalue weighted by Crippen LogP contribution is -2.16. The first-order valence-electron chi connectivity index (χ1n) is 4.99. The Hall–Kier alpha value is -2.02. The second kappa shape index (κ2) is 4.93. The zero-order valence-corrected chi connectivity index (χ0v) is 10.0. The monoisotopic (exact) mass is 289 g/mol. The van der Waals surface area contributed by atoms with Crippen molar-refractivity contribution >= 4 is 17.4 Å². The molecule has 0 aliphatic carbocycles. The van der Waals surface area contributed by atoms with Crippen LogP contribution in [0, 0.1) is 0 Å². The molecule has 0 saturated heterocycles. The summed E-state index contributed by atoms with van der Waals surface area (Å²) in [7, 11) is 0. The number of anilines is 1. The summed E-state index contributed by atoms with van der Waals surface area (Å²) in [6, 6.07) is 5.11. The standard InChI is InChI=1S/C11H7ClF3N3O/c12-8-5-17-10(18-9(8)16)6-1-3-7(4-2-6)19-11(13,14)15/h1-5H,(H2,16,17,18). The van der Waals surface area contributed by atoms with Gasteiger partial charge in [-0.15, -0.1) is 13.2 Å². The molecular weight excluding hydrogens is 283 g/mol. The molecule has 19 heavy (non-hydrogen) atoms. The largest absolute Gasteiger partial charge is 0.573 e. The zero-order valence-electron chi connectivity index (χ0n) is 9.28. The van der Waals surface area contributed by atoms with Gasteiger partial charge in [-0.05, 0) is 24.3 Å². The van der Waals surface area contributed by atoms with Gasteiger partial charge in [-0.3, -0.25) is 0 Å². The van der Waals surface area contributed by atoms with Crippen LogP contribution >= 0.6 is 11.6 Å². The summed E-state index contributed by atoms with van der Waals surface area (Å²) >= 11 is 5.67. The molecule has 4 nitrogen and oxygen atoms in total. The highest BCUT2D eigenvalue weighted by atomic mass is 35.5. The minimum Gasteiger partial charge on any atom is -0.406 e. The maximum absolute atomic E-state index is 12.0. The van der Waals surface area contributed by atoms with Crippen LogP contribution in [0.4, 0.5) is 19.0 Å². The highest BCUT2D eigenvalue weighted by Crippen LogP contribution is 2.26. The van der Waals surface area contributed by atoms with Gasteiger partial charge in [0.2, 0.25) is 0 Å². The number of hydrogen-bond donors (Lipinski definition) is 1. The van der Waals surface area contributed by atoms with Crippen molar-refractivity contribution in [3.8, 4) is 17.1 Å². The molecular formula is C11H7ClF3N3O. The molecule has 0 aliphatic rings. The Labute approximate surface area is 111 Å². The molecule has 0 unspecified atom stereocenters. The van der Waals surface area contributed by atoms with Crippen molar-refractivity contribution in [3.63, 3.8) is 0 Å². The summed E-state index contributed by atoms with van der Waals surface area (Å²) in [5, 5.41) is 0.209. The number of nitrogens with two attached hydrogens (primary N) is 1. The number of hydrogen-bond acceptors (Lipinski definition) is 4. The van der Waals surface area contributed by atoms with E-state index in [1.54, 1.807) is 0 Å². The number of rotatable bonds is 2. The number of benzene rings is 1. The molecule has 2 aromatic rings. The number of halogens is 4. The average molecular weight is 290 g/mol. The molecule has 0 saturated carbocycles. The third-order valence-corrected chi connectivity index (χ3v) is 2.41. The second-order valence-corrected chi connectivity index (χ2v) is 3.91. The Morgan fingerprint density at radius 2 is 1.79 bits per heavy atom. The van der Waals surface area contributed by atoms with Crippen LogP contribution in [0.25, 0.3) is 11.4 Å². The normalized spacial score (nSPS) is 11.4. The maximum atomic E-state index is 12.0. The summed E-state index contributed by atoms with van der Waals surface area (Å²) in [5.41, 5.74) is 6.01. The molecule has 0 amide bonds. The van der Waals surface area contributed by atoms with Gasteiger partial charge in [-0.2, -0.15) is 0 Å². The fraction of sp³-hybridized carbons (Fsp3) is 0.0909. The first kappa shape index (κ1) is 13.4. The predicted octanol–water partition coefficient (Wildman–Crippen LogP) is 3.28. The lowest BCUT2D eigenvalue weighted by atomic mass is 10.2. The van der Waals surface area contributed by atoms with Crippen molar-refractivity contribution in [1.29, 1.82) is 0 Å². The fourth-order valence-corrected chi connectivity index (χ4v) is 1.42. The molecule has 1 aromatic carbocycles. The van der Waals surface area contributed by atoms with E-state index < -0.39 is 6.36 Å². The molecule has 0 spiro atoms. The van der Waals surface area contributed by atoms with Crippen LogP contribution in [0.2, 0.25) is 5.02 Å². The molecule has 0 radical (unpaired) electrons. The quantitative estimate of drug-likeness (QED) is 0.921. The van der Waals surface area contributed by atoms with Crippen LogP contribution in [0.1, 0.15) is 0 Å². The van der Waals surface area contributed by atoms with Crippen LogP contribution < -0.4 is 10.5 Å². The van der Waals surface area contributed by atoms with Gasteiger partial charge in [0.1, 0.15) is 16.6 Å². The van der Waals surface area contributed by atoms with Gasteiger partial charge in [-0.1, -0.05) is 11.6 Å². The number of ether oxygens (including phenoxy) is 1. The number of nitrogen functional groups attached to an aromatic ring is 1. The van der Waals surface area contributed by atoms with Crippen molar-refractivity contribution in [2.75, 3.05) is 5.73 Å². The minimum atomic E-state index is -4.72. The number of alkyl halides is 3. The summed E-state index contributed by atoms with van der Waals surface area (Å²) < 4.78 is 39.7. The third kappa shape index (κ3) is 3.47. The van der Waals surface area contributed by atoms with E-state index in [4.69, 9.17) is 17.3 Å². The Balaban J connectivity index is 2.25. The van der Waals surface area contributed by atoms with Crippen molar-refractivity contribution in [1.82, 2.24) is 9.97 Å². The van der Waals surface area contributed by atoms with Gasteiger partial charge < -0.3 is 10.5 Å². The third-order valence-electron chi connectivity index (χ3n) is 2.12. The minimum absolute atomic E-state index is 0.0993. The molecule has 0 atom stereocenters. The second-order valence-electron chi connectivity index (χ2n) is 3.50. The molecule has 2 N–H and O–H groups in total. The Bertz CT molecular complexity index is 587. The summed E-state index contributed by atoms with van der Waals surface area (Å²) in [4.78, 5) is 7.85. The van der Waals surface area contributed by atoms with E-state index in [2.05, 4.69) is 14.7 Å². The van der Waals surface area contributed by atoms with Gasteiger partial charge in [0.25, 0.3) is 0 Å². The lowest BCUT2D eigenvalue weighted by Gasteiger charge is -2.09. The zero-order chi connectivity index (χ0) is 14.0. The predicted molar refractivity (Wildman–Crippen MR) is 63.6 cm³/mol. The van der Waals surface area contributed by atoms with E-state index in [9.17, 15) is 13.2 Å². The van der Waals surface area contributed by atoms with Crippen LogP contribution in [-0.4, -0.2) is 16.3 Å². The van der Waals surface area contributed by atoms with Gasteiger partial charge in [0, 0.05) is 5.56 Å². The Kier molecular flexibility index (Phi) is 3.48. The van der Waals surface area contributed by atoms with Gasteiger partial charge in [0.05, 0.1) is 6.20 Å². The van der Waals surface area contributed by atoms with E-state index in [0.717, 1.165) is 12.1 Å². The highest BCUT2D eigenvalue weighted by Gasteiger charge is 2.30. The summed E-state index contributed by atoms with van der Waals surface area (Å²) in [6.45, 7) is 0. The molecule has 0 aliphatic heterocycles. The van der Waals surface area contributed by atoms with Gasteiger partial charge in [-0.25, -0.2) is 9.97 Å². The molecule has 100 valence electrons. The summed E-state index contributed by atoms with van der Waals surface area (Å²) in [6.07, 6.45) is -3.40. The Morgan fingerprint density at radius 3 is 2.32 bits per heavy atom. The SMILES string of the molecule is Nc1nc(-c2ccc(OC(F)(F)F)cc2)ncc1Cl. The van der Waals surface area contributed by atoms with E-state index in [-0.39, 0.29) is 22.4 Å². The van der Waals surface area contributed by atoms with Gasteiger partial charge >= 0.3 is 6.36 Å². The van der Waals surface area contributed by atoms with Crippen LogP contribution in [0.15, 0.2) is 30.5 Å². The van der Waals surface area contributed by atoms with Crippen molar-refractivity contribution in [3.05, 3.63) is 35.5 Å². The maximum Gasteiger partial charge on any atom is 0.573 e. The summed E-state index contributed by atoms with van der Waals surface area (Å²) in [5.74, 6) is 0.0425. The van der Waals surface area contributed by atoms with Crippen LogP contribution in [-0.2, 0) is 0 Å². The van der Waals surface area contributed by atoms with Crippen molar-refractivity contribution in [2.45, 2.75) is 6.36 Å². The van der Waals surface area contributed by atoms with Gasteiger partial charge in [0.15, 0.2) is 5.82 Å². The number of nitrogens with zero attached hydrogens (tertiary/aromatic N) is 2. The van der Waals surface area contributed by atoms with Crippen molar-refractivity contribution in [2.24, 2.45) is 0 Å². The van der Waals surface area contributed by atoms with E-state index >= 15 is 0 Å². The fourth-order valence-electron chi connectivity index (χ4n) is 1.33. The smallest absolute Gasteiger partial charge is 0.406 e. The van der Waals surface area contributed by atoms with Crippen molar-refractivity contribution < 1.29 is 17.9 Å². The first-order valence-corrected chi connectivity index (χ1v) is 5.37. The average Bonchev–Trinajstić information content (AvgIpc) is 2.32. The topological polar surface area (TPSA) is 61.0 Å². The van der Waals surface area contributed by atoms with Crippen LogP contribution in [0.3, 0.4) is 0 Å². The molecule has 0 fully saturated rings. The molecule has 1 heterocycles. The Morgan fingerprint density at radius 1 is 1.16 bits per heavy atom. The van der Waals surface area contributed by atoms with Crippen LogP contribution in [0.5, 0.6) is 5.75 Å². The van der Waals surface area contributed by atoms with E-state index in [1.807, 2.05) is 0 Å². The van der Waals surface area contributed by atoms with E-state index in [1.165, 1.54) is 18.3 Å². The first-order chi connectivity index (χ1) is 8.85. The lowest BCUT2D eigenvalue weighted by molar-refractivity contribution is -0.274. The molecule has 1 aromatic heterocycles. The molecule has 0 bridgehead atoms. The highest BCUT2D eigenvalue weighted by molar-refractivity contribution is 6.32. The van der Waals surface area contributed by atoms with E-state index in [0.29, 0.717) is 5.56 Å². The number of aromatic nitrogens is 2. The molecule has 8 heteroatoms. The molecule has 2 rings (SSSR count).